The maximum Gasteiger partial charge on any atom is 0.0856 e. The van der Waals surface area contributed by atoms with Gasteiger partial charge in [-0.3, -0.25) is 0 Å². The normalized spacial score (nSPS) is 10.6. The van der Waals surface area contributed by atoms with Crippen molar-refractivity contribution in [2.45, 2.75) is 135 Å². The van der Waals surface area contributed by atoms with Crippen molar-refractivity contribution in [3.63, 3.8) is 0 Å². The summed E-state index contributed by atoms with van der Waals surface area (Å²) < 4.78 is 0. The molecule has 25 heavy (non-hydrogen) atoms. The Morgan fingerprint density at radius 1 is 0.520 bits per heavy atom. The van der Waals surface area contributed by atoms with E-state index in [1.54, 1.807) is 0 Å². The molecule has 0 atom stereocenters. The summed E-state index contributed by atoms with van der Waals surface area (Å²) in [6.45, 7) is 4.54. The molecule has 6 N–H and O–H groups in total. The molecule has 0 aromatic carbocycles. The molecule has 4 heteroatoms. The second-order valence-corrected chi connectivity index (χ2v) is 7.42. The highest BCUT2D eigenvalue weighted by Crippen LogP contribution is 2.13. The Kier molecular flexibility index (Phi) is 30.9. The van der Waals surface area contributed by atoms with Crippen molar-refractivity contribution >= 4 is 0 Å². The first-order valence-corrected chi connectivity index (χ1v) is 10.8. The molecule has 0 aromatic rings. The van der Waals surface area contributed by atoms with E-state index < -0.39 is 0 Å². The van der Waals surface area contributed by atoms with Crippen LogP contribution < -0.4 is 5.48 Å². The van der Waals surface area contributed by atoms with Gasteiger partial charge in [0, 0.05) is 0 Å². The van der Waals surface area contributed by atoms with Gasteiger partial charge in [0.1, 0.15) is 0 Å². The van der Waals surface area contributed by atoms with Gasteiger partial charge in [0.2, 0.25) is 0 Å². The molecule has 4 nitrogen and oxygen atoms in total. The standard InChI is InChI=1S/C21H45NO.2H2O/c1-3-5-7-9-11-13-15-17-19-21(22-23)20-18-16-14-12-10-8-6-4-2;;/h21H,3-20,22H2,1-2H3;2*1H2. The van der Waals surface area contributed by atoms with Crippen LogP contribution in [0.3, 0.4) is 0 Å². The molecule has 0 unspecified atom stereocenters. The van der Waals surface area contributed by atoms with Crippen molar-refractivity contribution in [3.8, 4) is 0 Å². The lowest BCUT2D eigenvalue weighted by molar-refractivity contribution is -0.629. The van der Waals surface area contributed by atoms with Gasteiger partial charge < -0.3 is 21.6 Å². The van der Waals surface area contributed by atoms with E-state index in [0.29, 0.717) is 6.04 Å². The maximum absolute atomic E-state index is 11.2. The third-order valence-electron chi connectivity index (χ3n) is 5.05. The van der Waals surface area contributed by atoms with Crippen molar-refractivity contribution < 1.29 is 16.4 Å². The summed E-state index contributed by atoms with van der Waals surface area (Å²) in [6.07, 6.45) is 24.0. The summed E-state index contributed by atoms with van der Waals surface area (Å²) in [5.41, 5.74) is 1.22. The molecule has 0 bridgehead atoms. The summed E-state index contributed by atoms with van der Waals surface area (Å²) >= 11 is 0. The van der Waals surface area contributed by atoms with Crippen molar-refractivity contribution in [3.05, 3.63) is 5.21 Å². The molecule has 0 fully saturated rings. The van der Waals surface area contributed by atoms with E-state index in [-0.39, 0.29) is 11.0 Å². The molecule has 156 valence electrons. The predicted octanol–water partition coefficient (Wildman–Crippen LogP) is 4.83. The lowest BCUT2D eigenvalue weighted by atomic mass is 10.0. The van der Waals surface area contributed by atoms with Gasteiger partial charge in [0.15, 0.2) is 0 Å². The van der Waals surface area contributed by atoms with Gasteiger partial charge in [-0.1, -0.05) is 104 Å². The third-order valence-corrected chi connectivity index (χ3v) is 5.05. The summed E-state index contributed by atoms with van der Waals surface area (Å²) in [4.78, 5) is 0. The zero-order valence-electron chi connectivity index (χ0n) is 17.3. The van der Waals surface area contributed by atoms with Gasteiger partial charge in [0.05, 0.1) is 6.04 Å². The van der Waals surface area contributed by atoms with Crippen LogP contribution in [0, 0.1) is 5.21 Å². The molecular formula is C21H49NO3. The maximum atomic E-state index is 11.2. The lowest BCUT2D eigenvalue weighted by Crippen LogP contribution is -2.84. The Balaban J connectivity index is -0.00000242. The van der Waals surface area contributed by atoms with Gasteiger partial charge >= 0.3 is 0 Å². The van der Waals surface area contributed by atoms with Crippen LogP contribution in [0.25, 0.3) is 0 Å². The van der Waals surface area contributed by atoms with E-state index in [0.717, 1.165) is 12.8 Å². The van der Waals surface area contributed by atoms with Crippen LogP contribution in [0.4, 0.5) is 0 Å². The minimum atomic E-state index is 0. The molecule has 0 aliphatic rings. The van der Waals surface area contributed by atoms with E-state index in [9.17, 15) is 5.21 Å². The highest BCUT2D eigenvalue weighted by Gasteiger charge is 2.07. The molecule has 0 rings (SSSR count). The number of hydrogen-bond acceptors (Lipinski definition) is 1. The first kappa shape index (κ1) is 29.6. The Bertz CT molecular complexity index is 195. The van der Waals surface area contributed by atoms with Crippen LogP contribution in [0.15, 0.2) is 0 Å². The number of hydroxylamine groups is 1. The average molecular weight is 364 g/mol. The highest BCUT2D eigenvalue weighted by atomic mass is 16.5. The van der Waals surface area contributed by atoms with Crippen LogP contribution in [-0.2, 0) is 0 Å². The number of unbranched alkanes of at least 4 members (excludes halogenated alkanes) is 14. The number of nitrogens with two attached hydrogens (primary N) is 1. The van der Waals surface area contributed by atoms with Gasteiger partial charge in [-0.05, 0) is 25.7 Å². The molecule has 0 aromatic heterocycles. The van der Waals surface area contributed by atoms with Crippen molar-refractivity contribution in [2.24, 2.45) is 0 Å². The zero-order chi connectivity index (χ0) is 17.0. The van der Waals surface area contributed by atoms with Gasteiger partial charge in [-0.25, -0.2) is 0 Å². The quantitative estimate of drug-likeness (QED) is 0.258. The Labute approximate surface area is 157 Å². The van der Waals surface area contributed by atoms with E-state index in [1.807, 2.05) is 0 Å². The second-order valence-electron chi connectivity index (χ2n) is 7.42. The molecule has 0 spiro atoms. The topological polar surface area (TPSA) is 103 Å². The average Bonchev–Trinajstić information content (AvgIpc) is 2.57. The van der Waals surface area contributed by atoms with Crippen LogP contribution in [0.1, 0.15) is 129 Å². The van der Waals surface area contributed by atoms with Crippen LogP contribution >= 0.6 is 0 Å². The highest BCUT2D eigenvalue weighted by molar-refractivity contribution is 4.57. The fraction of sp³-hybridized carbons (Fsp3) is 1.00. The summed E-state index contributed by atoms with van der Waals surface area (Å²) in [5, 5.41) is 11.2. The third kappa shape index (κ3) is 23.8. The molecule has 0 amide bonds. The molecule has 0 aliphatic carbocycles. The predicted molar refractivity (Wildman–Crippen MR) is 111 cm³/mol. The Hall–Kier alpha value is -0.160. The smallest absolute Gasteiger partial charge is 0.0856 e. The summed E-state index contributed by atoms with van der Waals surface area (Å²) in [6, 6.07) is 0.343. The SMILES string of the molecule is CCCCCCCCCCC(CCCCCCCCCC)[NH2+][O-].O.O. The molecule has 0 saturated carbocycles. The Morgan fingerprint density at radius 2 is 0.800 bits per heavy atom. The van der Waals surface area contributed by atoms with E-state index in [1.165, 1.54) is 108 Å². The Morgan fingerprint density at radius 3 is 1.08 bits per heavy atom. The van der Waals surface area contributed by atoms with Crippen molar-refractivity contribution in [2.75, 3.05) is 0 Å². The number of rotatable bonds is 19. The van der Waals surface area contributed by atoms with E-state index in [4.69, 9.17) is 0 Å². The number of hydrogen-bond donors (Lipinski definition) is 1. The fourth-order valence-corrected chi connectivity index (χ4v) is 3.36. The zero-order valence-corrected chi connectivity index (χ0v) is 17.3. The van der Waals surface area contributed by atoms with Crippen molar-refractivity contribution in [1.29, 1.82) is 0 Å². The van der Waals surface area contributed by atoms with E-state index >= 15 is 0 Å². The van der Waals surface area contributed by atoms with Crippen LogP contribution in [-0.4, -0.2) is 17.0 Å². The minimum absolute atomic E-state index is 0. The fourth-order valence-electron chi connectivity index (χ4n) is 3.36. The monoisotopic (exact) mass is 363 g/mol. The molecule has 0 radical (unpaired) electrons. The minimum Gasteiger partial charge on any atom is -0.636 e. The van der Waals surface area contributed by atoms with E-state index in [2.05, 4.69) is 13.8 Å². The van der Waals surface area contributed by atoms with Crippen LogP contribution in [0.2, 0.25) is 0 Å². The summed E-state index contributed by atoms with van der Waals surface area (Å²) in [5.74, 6) is 0. The molecule has 0 aliphatic heterocycles. The lowest BCUT2D eigenvalue weighted by Gasteiger charge is -2.17. The van der Waals surface area contributed by atoms with Gasteiger partial charge in [-0.2, -0.15) is 0 Å². The number of quaternary nitrogens is 1. The van der Waals surface area contributed by atoms with Gasteiger partial charge in [-0.15, -0.1) is 0 Å². The van der Waals surface area contributed by atoms with Crippen LogP contribution in [0.5, 0.6) is 0 Å². The first-order valence-electron chi connectivity index (χ1n) is 10.8. The van der Waals surface area contributed by atoms with Crippen molar-refractivity contribution in [1.82, 2.24) is 0 Å². The first-order chi connectivity index (χ1) is 11.3. The molecule has 0 heterocycles. The summed E-state index contributed by atoms with van der Waals surface area (Å²) in [7, 11) is 0. The van der Waals surface area contributed by atoms with Gasteiger partial charge in [0.25, 0.3) is 0 Å². The second kappa shape index (κ2) is 26.1. The molecule has 0 saturated heterocycles. The largest absolute Gasteiger partial charge is 0.636 e. The molecular weight excluding hydrogens is 314 g/mol.